The normalized spacial score (nSPS) is 15.4. The van der Waals surface area contributed by atoms with Gasteiger partial charge in [0.05, 0.1) is 0 Å². The van der Waals surface area contributed by atoms with Crippen molar-refractivity contribution in [2.24, 2.45) is 5.92 Å². The zero-order valence-electron chi connectivity index (χ0n) is 10.6. The Morgan fingerprint density at radius 2 is 1.50 bits per heavy atom. The van der Waals surface area contributed by atoms with Crippen LogP contribution in [0.25, 0.3) is 0 Å². The average Bonchev–Trinajstić information content (AvgIpc) is 2.15. The van der Waals surface area contributed by atoms with E-state index in [-0.39, 0.29) is 0 Å². The van der Waals surface area contributed by atoms with Crippen molar-refractivity contribution in [2.75, 3.05) is 6.54 Å². The van der Waals surface area contributed by atoms with Crippen LogP contribution in [0.2, 0.25) is 0 Å². The van der Waals surface area contributed by atoms with E-state index in [9.17, 15) is 0 Å². The molecular weight excluding hydrogens is 170 g/mol. The van der Waals surface area contributed by atoms with Gasteiger partial charge in [0.15, 0.2) is 0 Å². The fraction of sp³-hybridized carbons (Fsp3) is 1.00. The molecule has 0 aliphatic heterocycles. The Balaban J connectivity index is 3.57. The van der Waals surface area contributed by atoms with Crippen molar-refractivity contribution in [1.82, 2.24) is 5.32 Å². The molecule has 2 atom stereocenters. The first-order valence-electron chi connectivity index (χ1n) is 6.47. The molecule has 86 valence electrons. The summed E-state index contributed by atoms with van der Waals surface area (Å²) in [6, 6.07) is 0.768. The maximum absolute atomic E-state index is 3.58. The SMILES string of the molecule is CCCC(C)CCC(CCC)NCC. The van der Waals surface area contributed by atoms with Crippen LogP contribution >= 0.6 is 0 Å². The smallest absolute Gasteiger partial charge is 0.00669 e. The standard InChI is InChI=1S/C13H29N/c1-5-8-12(4)10-11-13(9-6-2)14-7-3/h12-14H,5-11H2,1-4H3. The predicted octanol–water partition coefficient (Wildman–Crippen LogP) is 3.98. The summed E-state index contributed by atoms with van der Waals surface area (Å²) in [5.74, 6) is 0.915. The first-order chi connectivity index (χ1) is 6.74. The van der Waals surface area contributed by atoms with Gasteiger partial charge >= 0.3 is 0 Å². The van der Waals surface area contributed by atoms with E-state index in [4.69, 9.17) is 0 Å². The van der Waals surface area contributed by atoms with Gasteiger partial charge < -0.3 is 5.32 Å². The first-order valence-corrected chi connectivity index (χ1v) is 6.47. The lowest BCUT2D eigenvalue weighted by molar-refractivity contribution is 0.389. The second kappa shape index (κ2) is 9.51. The molecule has 1 nitrogen and oxygen atoms in total. The summed E-state index contributed by atoms with van der Waals surface area (Å²) in [6.45, 7) is 10.3. The quantitative estimate of drug-likeness (QED) is 0.592. The van der Waals surface area contributed by atoms with E-state index >= 15 is 0 Å². The fourth-order valence-corrected chi connectivity index (χ4v) is 2.11. The van der Waals surface area contributed by atoms with E-state index in [1.54, 1.807) is 0 Å². The van der Waals surface area contributed by atoms with Gasteiger partial charge in [-0.25, -0.2) is 0 Å². The van der Waals surface area contributed by atoms with Gasteiger partial charge in [-0.3, -0.25) is 0 Å². The third-order valence-corrected chi connectivity index (χ3v) is 2.92. The van der Waals surface area contributed by atoms with Crippen molar-refractivity contribution >= 4 is 0 Å². The maximum Gasteiger partial charge on any atom is 0.00669 e. The molecule has 1 N–H and O–H groups in total. The van der Waals surface area contributed by atoms with Crippen molar-refractivity contribution in [3.05, 3.63) is 0 Å². The van der Waals surface area contributed by atoms with Gasteiger partial charge in [-0.05, 0) is 31.7 Å². The van der Waals surface area contributed by atoms with E-state index in [1.165, 1.54) is 38.5 Å². The minimum Gasteiger partial charge on any atom is -0.314 e. The highest BCUT2D eigenvalue weighted by Crippen LogP contribution is 2.15. The zero-order chi connectivity index (χ0) is 10.8. The van der Waals surface area contributed by atoms with Crippen molar-refractivity contribution in [2.45, 2.75) is 72.3 Å². The van der Waals surface area contributed by atoms with Crippen molar-refractivity contribution in [1.29, 1.82) is 0 Å². The Kier molecular flexibility index (Phi) is 9.49. The first kappa shape index (κ1) is 14.0. The minimum absolute atomic E-state index is 0.768. The molecule has 0 aliphatic rings. The highest BCUT2D eigenvalue weighted by Gasteiger charge is 2.08. The van der Waals surface area contributed by atoms with E-state index in [1.807, 2.05) is 0 Å². The largest absolute Gasteiger partial charge is 0.314 e. The lowest BCUT2D eigenvalue weighted by Gasteiger charge is -2.19. The van der Waals surface area contributed by atoms with Gasteiger partial charge in [-0.15, -0.1) is 0 Å². The molecule has 0 aromatic heterocycles. The molecule has 0 fully saturated rings. The van der Waals surface area contributed by atoms with Crippen LogP contribution in [0.15, 0.2) is 0 Å². The highest BCUT2D eigenvalue weighted by molar-refractivity contribution is 4.67. The molecule has 0 aliphatic carbocycles. The molecule has 2 unspecified atom stereocenters. The predicted molar refractivity (Wildman–Crippen MR) is 65.7 cm³/mol. The molecule has 1 heteroatoms. The van der Waals surface area contributed by atoms with Crippen LogP contribution < -0.4 is 5.32 Å². The molecule has 0 aromatic carbocycles. The van der Waals surface area contributed by atoms with Gasteiger partial charge in [0, 0.05) is 6.04 Å². The van der Waals surface area contributed by atoms with Gasteiger partial charge in [-0.2, -0.15) is 0 Å². The number of rotatable bonds is 9. The summed E-state index contributed by atoms with van der Waals surface area (Å²) < 4.78 is 0. The third-order valence-electron chi connectivity index (χ3n) is 2.92. The molecular formula is C13H29N. The Hall–Kier alpha value is -0.0400. The van der Waals surface area contributed by atoms with Crippen molar-refractivity contribution < 1.29 is 0 Å². The second-order valence-corrected chi connectivity index (χ2v) is 4.51. The Morgan fingerprint density at radius 1 is 0.857 bits per heavy atom. The summed E-state index contributed by atoms with van der Waals surface area (Å²) in [4.78, 5) is 0. The molecule has 0 bridgehead atoms. The number of hydrogen-bond acceptors (Lipinski definition) is 1. The summed E-state index contributed by atoms with van der Waals surface area (Å²) in [5.41, 5.74) is 0. The van der Waals surface area contributed by atoms with Crippen molar-refractivity contribution in [3.8, 4) is 0 Å². The molecule has 0 amide bonds. The van der Waals surface area contributed by atoms with Crippen LogP contribution in [0.5, 0.6) is 0 Å². The monoisotopic (exact) mass is 199 g/mol. The molecule has 14 heavy (non-hydrogen) atoms. The molecule has 0 aromatic rings. The van der Waals surface area contributed by atoms with Crippen LogP contribution in [-0.4, -0.2) is 12.6 Å². The maximum atomic E-state index is 3.58. The van der Waals surface area contributed by atoms with Gasteiger partial charge in [0.2, 0.25) is 0 Å². The van der Waals surface area contributed by atoms with Gasteiger partial charge in [0.1, 0.15) is 0 Å². The van der Waals surface area contributed by atoms with E-state index in [2.05, 4.69) is 33.0 Å². The molecule has 0 rings (SSSR count). The van der Waals surface area contributed by atoms with Crippen LogP contribution in [0.3, 0.4) is 0 Å². The molecule has 0 saturated heterocycles. The molecule has 0 saturated carbocycles. The van der Waals surface area contributed by atoms with Crippen LogP contribution in [-0.2, 0) is 0 Å². The topological polar surface area (TPSA) is 12.0 Å². The minimum atomic E-state index is 0.768. The zero-order valence-corrected chi connectivity index (χ0v) is 10.6. The van der Waals surface area contributed by atoms with Gasteiger partial charge in [0.25, 0.3) is 0 Å². The van der Waals surface area contributed by atoms with Crippen LogP contribution in [0.4, 0.5) is 0 Å². The second-order valence-electron chi connectivity index (χ2n) is 4.51. The summed E-state index contributed by atoms with van der Waals surface area (Å²) in [7, 11) is 0. The summed E-state index contributed by atoms with van der Waals surface area (Å²) in [5, 5.41) is 3.58. The summed E-state index contributed by atoms with van der Waals surface area (Å²) in [6.07, 6.45) is 8.13. The third kappa shape index (κ3) is 7.37. The average molecular weight is 199 g/mol. The highest BCUT2D eigenvalue weighted by atomic mass is 14.9. The Morgan fingerprint density at radius 3 is 2.00 bits per heavy atom. The Bertz CT molecular complexity index is 106. The lowest BCUT2D eigenvalue weighted by atomic mass is 9.96. The summed E-state index contributed by atoms with van der Waals surface area (Å²) >= 11 is 0. The lowest BCUT2D eigenvalue weighted by Crippen LogP contribution is -2.29. The van der Waals surface area contributed by atoms with E-state index in [0.717, 1.165) is 18.5 Å². The van der Waals surface area contributed by atoms with E-state index in [0.29, 0.717) is 0 Å². The number of nitrogens with one attached hydrogen (secondary N) is 1. The fourth-order valence-electron chi connectivity index (χ4n) is 2.11. The van der Waals surface area contributed by atoms with Crippen LogP contribution in [0.1, 0.15) is 66.2 Å². The molecule has 0 spiro atoms. The van der Waals surface area contributed by atoms with Gasteiger partial charge in [-0.1, -0.05) is 47.0 Å². The van der Waals surface area contributed by atoms with Crippen LogP contribution in [0, 0.1) is 5.92 Å². The number of hydrogen-bond donors (Lipinski definition) is 1. The van der Waals surface area contributed by atoms with E-state index < -0.39 is 0 Å². The van der Waals surface area contributed by atoms with Crippen molar-refractivity contribution in [3.63, 3.8) is 0 Å². The molecule has 0 radical (unpaired) electrons. The Labute approximate surface area is 90.7 Å². The molecule has 0 heterocycles.